The summed E-state index contributed by atoms with van der Waals surface area (Å²) in [6.07, 6.45) is -0.944. The number of fused-ring (bicyclic) bond motifs is 1. The third-order valence-corrected chi connectivity index (χ3v) is 10.4. The molecule has 0 bridgehead atoms. The molecule has 9 nitrogen and oxygen atoms in total. The van der Waals surface area contributed by atoms with Gasteiger partial charge in [-0.25, -0.2) is 4.98 Å². The molecule has 0 aliphatic carbocycles. The van der Waals surface area contributed by atoms with Crippen molar-refractivity contribution in [2.45, 2.75) is 45.1 Å². The lowest BCUT2D eigenvalue weighted by molar-refractivity contribution is -0.141. The van der Waals surface area contributed by atoms with Gasteiger partial charge in [0.25, 0.3) is 0 Å². The van der Waals surface area contributed by atoms with E-state index in [1.165, 1.54) is 25.3 Å². The summed E-state index contributed by atoms with van der Waals surface area (Å²) in [5.41, 5.74) is 5.40. The Hall–Kier alpha value is -5.48. The third-order valence-electron chi connectivity index (χ3n) is 10.4. The molecule has 2 atom stereocenters. The predicted molar refractivity (Wildman–Crippen MR) is 198 cm³/mol. The minimum Gasteiger partial charge on any atom is -0.496 e. The highest BCUT2D eigenvalue weighted by atomic mass is 19.4. The number of likely N-dealkylation sites (tertiary alicyclic amines) is 2. The number of rotatable bonds is 10. The first-order valence-electron chi connectivity index (χ1n) is 17.8. The van der Waals surface area contributed by atoms with Crippen molar-refractivity contribution in [3.63, 3.8) is 0 Å². The number of carbonyl (C=O) groups is 1. The Morgan fingerprint density at radius 3 is 2.41 bits per heavy atom. The molecular weight excluding hydrogens is 697 g/mol. The second-order valence-electron chi connectivity index (χ2n) is 14.0. The van der Waals surface area contributed by atoms with Crippen molar-refractivity contribution in [2.24, 2.45) is 5.92 Å². The Morgan fingerprint density at radius 1 is 0.981 bits per heavy atom. The van der Waals surface area contributed by atoms with Crippen LogP contribution in [0, 0.1) is 24.2 Å². The van der Waals surface area contributed by atoms with Crippen molar-refractivity contribution >= 4 is 29.2 Å². The molecule has 0 spiro atoms. The molecule has 2 N–H and O–H groups in total. The molecule has 4 aromatic carbocycles. The molecule has 2 fully saturated rings. The van der Waals surface area contributed by atoms with E-state index in [-0.39, 0.29) is 30.5 Å². The van der Waals surface area contributed by atoms with Crippen LogP contribution in [-0.2, 0) is 24.1 Å². The van der Waals surface area contributed by atoms with Crippen molar-refractivity contribution in [3.05, 3.63) is 106 Å². The first kappa shape index (κ1) is 36.9. The van der Waals surface area contributed by atoms with Gasteiger partial charge < -0.3 is 19.4 Å². The molecule has 2 aliphatic rings. The molecular formula is C42H39F3N4O5. The number of methoxy groups -OCH3 is 1. The summed E-state index contributed by atoms with van der Waals surface area (Å²) in [6, 6.07) is 21.5. The molecule has 0 amide bonds. The van der Waals surface area contributed by atoms with Crippen LogP contribution < -0.4 is 4.74 Å². The highest BCUT2D eigenvalue weighted by Gasteiger charge is 2.35. The number of aliphatic hydroxyl groups excluding tert-OH is 1. The average molecular weight is 737 g/mol. The zero-order chi connectivity index (χ0) is 38.1. The predicted octanol–water partition coefficient (Wildman–Crippen LogP) is 8.01. The maximum atomic E-state index is 14.5. The molecule has 12 heteroatoms. The molecule has 3 heterocycles. The third kappa shape index (κ3) is 7.61. The summed E-state index contributed by atoms with van der Waals surface area (Å²) in [6.45, 7) is 4.93. The summed E-state index contributed by atoms with van der Waals surface area (Å²) in [4.78, 5) is 20.2. The van der Waals surface area contributed by atoms with Gasteiger partial charge in [-0.1, -0.05) is 48.6 Å². The maximum Gasteiger partial charge on any atom is 0.417 e. The number of oxazole rings is 1. The SMILES string of the molecule is COc1cc(/C=C/c2cccc(-c3cccc(-c4nc5cc(CN6CC[C@@H](O)C6)ccc5o4)c3C)c2C#N)c(C(F)(F)F)cc1CN1CC[C@@H](C(=O)O)C1. The zero-order valence-corrected chi connectivity index (χ0v) is 29.9. The lowest BCUT2D eigenvalue weighted by Crippen LogP contribution is -2.23. The number of aromatic nitrogens is 1. The highest BCUT2D eigenvalue weighted by Crippen LogP contribution is 2.39. The normalized spacial score (nSPS) is 18.2. The van der Waals surface area contributed by atoms with E-state index >= 15 is 0 Å². The zero-order valence-electron chi connectivity index (χ0n) is 29.9. The van der Waals surface area contributed by atoms with Gasteiger partial charge in [0.2, 0.25) is 5.89 Å². The van der Waals surface area contributed by atoms with Crippen LogP contribution in [0.25, 0.3) is 45.8 Å². The van der Waals surface area contributed by atoms with Crippen LogP contribution in [-0.4, -0.2) is 70.4 Å². The van der Waals surface area contributed by atoms with Crippen LogP contribution in [0.2, 0.25) is 0 Å². The molecule has 54 heavy (non-hydrogen) atoms. The topological polar surface area (TPSA) is 123 Å². The molecule has 5 aromatic rings. The quantitative estimate of drug-likeness (QED) is 0.137. The standard InChI is InChI=1S/C42H39F3N4O5/c1-25-32(6-4-7-33(25)40-47-37-17-26(9-12-38(37)54-40)21-48-16-14-31(50)24-48)34-8-3-5-27(35(34)20-46)10-11-28-19-39(53-2)30(18-36(28)42(43,44)45)23-49-15-13-29(22-49)41(51)52/h3-12,17-19,29,31,50H,13-16,21-24H2,1-2H3,(H,51,52)/b11-10+/t29-,31-/m1/s1. The molecule has 278 valence electrons. The van der Waals surface area contributed by atoms with Crippen molar-refractivity contribution in [1.29, 1.82) is 5.26 Å². The van der Waals surface area contributed by atoms with Gasteiger partial charge in [-0.15, -0.1) is 0 Å². The van der Waals surface area contributed by atoms with Gasteiger partial charge in [0.1, 0.15) is 17.3 Å². The van der Waals surface area contributed by atoms with Gasteiger partial charge in [0, 0.05) is 49.4 Å². The Balaban J connectivity index is 1.19. The van der Waals surface area contributed by atoms with Crippen LogP contribution in [0.4, 0.5) is 13.2 Å². The Bertz CT molecular complexity index is 2290. The number of ether oxygens (including phenoxy) is 1. The number of hydrogen-bond acceptors (Lipinski definition) is 8. The fourth-order valence-corrected chi connectivity index (χ4v) is 7.55. The first-order chi connectivity index (χ1) is 25.9. The molecule has 0 saturated carbocycles. The van der Waals surface area contributed by atoms with Crippen molar-refractivity contribution < 1.29 is 37.3 Å². The molecule has 7 rings (SSSR count). The summed E-state index contributed by atoms with van der Waals surface area (Å²) < 4.78 is 55.1. The van der Waals surface area contributed by atoms with Crippen LogP contribution in [0.15, 0.2) is 71.1 Å². The van der Waals surface area contributed by atoms with Gasteiger partial charge in [-0.2, -0.15) is 18.4 Å². The van der Waals surface area contributed by atoms with E-state index in [2.05, 4.69) is 11.0 Å². The van der Waals surface area contributed by atoms with Crippen LogP contribution in [0.1, 0.15) is 51.8 Å². The molecule has 2 aliphatic heterocycles. The smallest absolute Gasteiger partial charge is 0.417 e. The Labute approximate surface area is 310 Å². The van der Waals surface area contributed by atoms with E-state index in [1.807, 2.05) is 54.3 Å². The van der Waals surface area contributed by atoms with Crippen LogP contribution >= 0.6 is 0 Å². The minimum absolute atomic E-state index is 0.119. The van der Waals surface area contributed by atoms with E-state index in [1.54, 1.807) is 12.1 Å². The van der Waals surface area contributed by atoms with Gasteiger partial charge in [-0.05, 0) is 84.5 Å². The number of carboxylic acids is 1. The number of alkyl halides is 3. The number of aliphatic hydroxyl groups is 1. The Morgan fingerprint density at radius 2 is 1.70 bits per heavy atom. The van der Waals surface area contributed by atoms with Gasteiger partial charge in [0.15, 0.2) is 5.58 Å². The van der Waals surface area contributed by atoms with Gasteiger partial charge >= 0.3 is 12.1 Å². The monoisotopic (exact) mass is 736 g/mol. The van der Waals surface area contributed by atoms with Crippen LogP contribution in [0.5, 0.6) is 5.75 Å². The number of nitrogens with zero attached hydrogens (tertiary/aromatic N) is 4. The summed E-state index contributed by atoms with van der Waals surface area (Å²) in [7, 11) is 1.39. The molecule has 2 saturated heterocycles. The minimum atomic E-state index is -4.68. The number of aliphatic carboxylic acids is 1. The number of halogens is 3. The van der Waals surface area contributed by atoms with Crippen molar-refractivity contribution in [2.75, 3.05) is 33.3 Å². The van der Waals surface area contributed by atoms with E-state index in [4.69, 9.17) is 14.1 Å². The lowest BCUT2D eigenvalue weighted by atomic mass is 9.91. The average Bonchev–Trinajstić information content (AvgIpc) is 3.90. The van der Waals surface area contributed by atoms with Crippen LogP contribution in [0.3, 0.4) is 0 Å². The number of β-amino-alcohol motifs (C(OH)–C–C–N with tert-alkyl or cyclic N) is 1. The van der Waals surface area contributed by atoms with E-state index in [9.17, 15) is 33.4 Å². The first-order valence-corrected chi connectivity index (χ1v) is 17.8. The second-order valence-corrected chi connectivity index (χ2v) is 14.0. The maximum absolute atomic E-state index is 14.5. The van der Waals surface area contributed by atoms with Gasteiger partial charge in [-0.3, -0.25) is 14.6 Å². The number of carboxylic acid groups (broad SMARTS) is 1. The summed E-state index contributed by atoms with van der Waals surface area (Å²) in [5.74, 6) is -0.798. The highest BCUT2D eigenvalue weighted by molar-refractivity contribution is 5.85. The number of benzene rings is 4. The number of hydrogen-bond donors (Lipinski definition) is 2. The second kappa shape index (κ2) is 15.1. The van der Waals surface area contributed by atoms with Crippen molar-refractivity contribution in [1.82, 2.24) is 14.8 Å². The molecule has 0 radical (unpaired) electrons. The van der Waals surface area contributed by atoms with E-state index < -0.39 is 23.6 Å². The van der Waals surface area contributed by atoms with Gasteiger partial charge in [0.05, 0.1) is 30.3 Å². The molecule has 1 aromatic heterocycles. The number of nitriles is 1. The fraction of sp³-hybridized carbons (Fsp3) is 0.310. The lowest BCUT2D eigenvalue weighted by Gasteiger charge is -2.20. The van der Waals surface area contributed by atoms with E-state index in [0.717, 1.165) is 41.3 Å². The fourth-order valence-electron chi connectivity index (χ4n) is 7.55. The van der Waals surface area contributed by atoms with E-state index in [0.29, 0.717) is 65.3 Å². The molecule has 0 unspecified atom stereocenters. The van der Waals surface area contributed by atoms with Crippen molar-refractivity contribution in [3.8, 4) is 34.4 Å². The largest absolute Gasteiger partial charge is 0.496 e. The summed E-state index contributed by atoms with van der Waals surface area (Å²) >= 11 is 0. The summed E-state index contributed by atoms with van der Waals surface area (Å²) in [5, 5.41) is 29.7. The Kier molecular flexibility index (Phi) is 10.3.